The SMILES string of the molecule is CC(C)(C)c1ccc(C(C)(C)C(N)C(F)(F)F)cc1. The van der Waals surface area contributed by atoms with Crippen molar-refractivity contribution in [3.05, 3.63) is 35.4 Å². The lowest BCUT2D eigenvalue weighted by Crippen LogP contribution is -2.51. The second-order valence-electron chi connectivity index (χ2n) is 6.57. The van der Waals surface area contributed by atoms with Gasteiger partial charge in [-0.2, -0.15) is 13.2 Å². The Labute approximate surface area is 113 Å². The first-order valence-electron chi connectivity index (χ1n) is 6.30. The molecule has 0 aromatic heterocycles. The van der Waals surface area contributed by atoms with E-state index in [-0.39, 0.29) is 5.41 Å². The first kappa shape index (κ1) is 16.0. The van der Waals surface area contributed by atoms with Crippen LogP contribution in [0.5, 0.6) is 0 Å². The molecule has 0 heterocycles. The van der Waals surface area contributed by atoms with Gasteiger partial charge in [0.2, 0.25) is 0 Å². The number of halogens is 3. The first-order chi connectivity index (χ1) is 8.37. The third kappa shape index (κ3) is 3.50. The van der Waals surface area contributed by atoms with E-state index in [0.717, 1.165) is 5.56 Å². The van der Waals surface area contributed by atoms with E-state index in [9.17, 15) is 13.2 Å². The molecule has 1 aromatic carbocycles. The van der Waals surface area contributed by atoms with Gasteiger partial charge in [-0.3, -0.25) is 0 Å². The molecule has 0 saturated heterocycles. The van der Waals surface area contributed by atoms with E-state index in [2.05, 4.69) is 20.8 Å². The molecule has 0 bridgehead atoms. The van der Waals surface area contributed by atoms with E-state index in [1.807, 2.05) is 12.1 Å². The van der Waals surface area contributed by atoms with Crippen molar-refractivity contribution in [3.8, 4) is 0 Å². The van der Waals surface area contributed by atoms with Gasteiger partial charge in [0.05, 0.1) is 0 Å². The van der Waals surface area contributed by atoms with Gasteiger partial charge in [0.25, 0.3) is 0 Å². The maximum Gasteiger partial charge on any atom is 0.404 e. The van der Waals surface area contributed by atoms with Crippen molar-refractivity contribution in [2.45, 2.75) is 57.7 Å². The van der Waals surface area contributed by atoms with Gasteiger partial charge in [-0.05, 0) is 16.5 Å². The van der Waals surface area contributed by atoms with Gasteiger partial charge in [0, 0.05) is 5.41 Å². The fraction of sp³-hybridized carbons (Fsp3) is 0.600. The van der Waals surface area contributed by atoms with E-state index in [0.29, 0.717) is 5.56 Å². The average Bonchev–Trinajstić information content (AvgIpc) is 2.25. The summed E-state index contributed by atoms with van der Waals surface area (Å²) >= 11 is 0. The second kappa shape index (κ2) is 4.82. The molecule has 1 nitrogen and oxygen atoms in total. The molecule has 0 spiro atoms. The van der Waals surface area contributed by atoms with Gasteiger partial charge in [0.15, 0.2) is 0 Å². The molecular weight excluding hydrogens is 251 g/mol. The molecule has 0 radical (unpaired) electrons. The maximum absolute atomic E-state index is 12.8. The minimum absolute atomic E-state index is 0.0190. The van der Waals surface area contributed by atoms with Crippen LogP contribution >= 0.6 is 0 Å². The first-order valence-corrected chi connectivity index (χ1v) is 6.30. The van der Waals surface area contributed by atoms with Crippen molar-refractivity contribution in [3.63, 3.8) is 0 Å². The quantitative estimate of drug-likeness (QED) is 0.860. The zero-order chi connectivity index (χ0) is 15.1. The molecule has 19 heavy (non-hydrogen) atoms. The van der Waals surface area contributed by atoms with Gasteiger partial charge in [-0.1, -0.05) is 58.9 Å². The summed E-state index contributed by atoms with van der Waals surface area (Å²) in [6, 6.07) is 5.36. The monoisotopic (exact) mass is 273 g/mol. The summed E-state index contributed by atoms with van der Waals surface area (Å²) in [6.07, 6.45) is -4.40. The number of alkyl halides is 3. The van der Waals surface area contributed by atoms with Crippen molar-refractivity contribution in [1.82, 2.24) is 0 Å². The lowest BCUT2D eigenvalue weighted by atomic mass is 9.76. The zero-order valence-electron chi connectivity index (χ0n) is 12.1. The number of benzene rings is 1. The lowest BCUT2D eigenvalue weighted by molar-refractivity contribution is -0.160. The molecule has 1 atom stereocenters. The highest BCUT2D eigenvalue weighted by Gasteiger charge is 2.47. The molecule has 0 aliphatic rings. The number of rotatable bonds is 2. The molecule has 108 valence electrons. The summed E-state index contributed by atoms with van der Waals surface area (Å²) in [5, 5.41) is 0. The van der Waals surface area contributed by atoms with E-state index >= 15 is 0 Å². The van der Waals surface area contributed by atoms with Crippen LogP contribution in [0.3, 0.4) is 0 Å². The third-order valence-electron chi connectivity index (χ3n) is 3.63. The van der Waals surface area contributed by atoms with E-state index in [4.69, 9.17) is 5.73 Å². The largest absolute Gasteiger partial charge is 0.404 e. The Morgan fingerprint density at radius 2 is 1.21 bits per heavy atom. The van der Waals surface area contributed by atoms with Gasteiger partial charge < -0.3 is 5.73 Å². The molecule has 1 rings (SSSR count). The summed E-state index contributed by atoms with van der Waals surface area (Å²) in [5.74, 6) is 0. The fourth-order valence-corrected chi connectivity index (χ4v) is 1.99. The molecule has 0 aliphatic carbocycles. The van der Waals surface area contributed by atoms with Gasteiger partial charge in [0.1, 0.15) is 6.04 Å². The van der Waals surface area contributed by atoms with E-state index < -0.39 is 17.6 Å². The summed E-state index contributed by atoms with van der Waals surface area (Å²) in [5.41, 5.74) is 5.89. The predicted molar refractivity (Wildman–Crippen MR) is 72.2 cm³/mol. The van der Waals surface area contributed by atoms with Crippen LogP contribution in [0, 0.1) is 0 Å². The van der Waals surface area contributed by atoms with Crippen LogP contribution in [-0.4, -0.2) is 12.2 Å². The molecule has 2 N–H and O–H groups in total. The van der Waals surface area contributed by atoms with Crippen LogP contribution in [0.4, 0.5) is 13.2 Å². The Kier molecular flexibility index (Phi) is 4.06. The van der Waals surface area contributed by atoms with Crippen molar-refractivity contribution >= 4 is 0 Å². The maximum atomic E-state index is 12.8. The van der Waals surface area contributed by atoms with Gasteiger partial charge in [-0.25, -0.2) is 0 Å². The molecular formula is C15H22F3N. The smallest absolute Gasteiger partial charge is 0.319 e. The van der Waals surface area contributed by atoms with Crippen LogP contribution in [0.15, 0.2) is 24.3 Å². The highest BCUT2D eigenvalue weighted by Crippen LogP contribution is 2.36. The molecule has 1 unspecified atom stereocenters. The molecule has 4 heteroatoms. The van der Waals surface area contributed by atoms with Gasteiger partial charge >= 0.3 is 6.18 Å². The Bertz CT molecular complexity index is 424. The Balaban J connectivity index is 3.10. The normalized spacial score (nSPS) is 15.4. The fourth-order valence-electron chi connectivity index (χ4n) is 1.99. The zero-order valence-corrected chi connectivity index (χ0v) is 12.1. The summed E-state index contributed by atoms with van der Waals surface area (Å²) in [6.45, 7) is 9.24. The number of hydrogen-bond donors (Lipinski definition) is 1. The highest BCUT2D eigenvalue weighted by molar-refractivity contribution is 5.33. The topological polar surface area (TPSA) is 26.0 Å². The number of nitrogens with two attached hydrogens (primary N) is 1. The predicted octanol–water partition coefficient (Wildman–Crippen LogP) is 4.15. The minimum atomic E-state index is -4.40. The molecule has 0 aliphatic heterocycles. The number of hydrogen-bond acceptors (Lipinski definition) is 1. The van der Waals surface area contributed by atoms with Crippen LogP contribution in [0.2, 0.25) is 0 Å². The van der Waals surface area contributed by atoms with Crippen LogP contribution in [0.1, 0.15) is 45.7 Å². The minimum Gasteiger partial charge on any atom is -0.319 e. The summed E-state index contributed by atoms with van der Waals surface area (Å²) in [4.78, 5) is 0. The Morgan fingerprint density at radius 3 is 1.53 bits per heavy atom. The van der Waals surface area contributed by atoms with E-state index in [1.165, 1.54) is 13.8 Å². The Hall–Kier alpha value is -1.03. The highest BCUT2D eigenvalue weighted by atomic mass is 19.4. The van der Waals surface area contributed by atoms with Crippen molar-refractivity contribution in [2.24, 2.45) is 5.73 Å². The van der Waals surface area contributed by atoms with Crippen molar-refractivity contribution in [2.75, 3.05) is 0 Å². The van der Waals surface area contributed by atoms with Crippen LogP contribution in [-0.2, 0) is 10.8 Å². The van der Waals surface area contributed by atoms with Crippen molar-refractivity contribution < 1.29 is 13.2 Å². The van der Waals surface area contributed by atoms with Crippen LogP contribution < -0.4 is 5.73 Å². The van der Waals surface area contributed by atoms with E-state index in [1.54, 1.807) is 12.1 Å². The van der Waals surface area contributed by atoms with Gasteiger partial charge in [-0.15, -0.1) is 0 Å². The lowest BCUT2D eigenvalue weighted by Gasteiger charge is -2.34. The third-order valence-corrected chi connectivity index (χ3v) is 3.63. The molecule has 0 fully saturated rings. The Morgan fingerprint density at radius 1 is 0.842 bits per heavy atom. The molecule has 0 saturated carbocycles. The van der Waals surface area contributed by atoms with Crippen LogP contribution in [0.25, 0.3) is 0 Å². The molecule has 1 aromatic rings. The summed E-state index contributed by atoms with van der Waals surface area (Å²) < 4.78 is 38.3. The van der Waals surface area contributed by atoms with Crippen molar-refractivity contribution in [1.29, 1.82) is 0 Å². The molecule has 0 amide bonds. The summed E-state index contributed by atoms with van der Waals surface area (Å²) in [7, 11) is 0. The second-order valence-corrected chi connectivity index (χ2v) is 6.57. The average molecular weight is 273 g/mol. The standard InChI is InChI=1S/C15H22F3N/c1-13(2,3)10-6-8-11(9-7-10)14(4,5)12(19)15(16,17)18/h6-9,12H,19H2,1-5H3.